The Bertz CT molecular complexity index is 1470. The van der Waals surface area contributed by atoms with E-state index in [-0.39, 0.29) is 49.5 Å². The van der Waals surface area contributed by atoms with E-state index in [9.17, 15) is 28.7 Å². The predicted octanol–water partition coefficient (Wildman–Crippen LogP) is 6.36. The Labute approximate surface area is 275 Å². The van der Waals surface area contributed by atoms with Crippen molar-refractivity contribution < 1.29 is 42.9 Å². The highest BCUT2D eigenvalue weighted by molar-refractivity contribution is 6.01. The first-order valence-corrected chi connectivity index (χ1v) is 15.8. The summed E-state index contributed by atoms with van der Waals surface area (Å²) in [5.41, 5.74) is 3.52. The van der Waals surface area contributed by atoms with Gasteiger partial charge in [0, 0.05) is 26.5 Å². The fourth-order valence-electron chi connectivity index (χ4n) is 5.11. The number of carbonyl (C=O) groups excluding carboxylic acids is 4. The summed E-state index contributed by atoms with van der Waals surface area (Å²) in [5, 5.41) is 10.8. The van der Waals surface area contributed by atoms with Crippen LogP contribution in [0.5, 0.6) is 0 Å². The first kappa shape index (κ1) is 36.9. The topological polar surface area (TPSA) is 119 Å². The third kappa shape index (κ3) is 11.3. The smallest absolute Gasteiger partial charge is 0.303 e. The Hall–Kier alpha value is -4.57. The van der Waals surface area contributed by atoms with Crippen molar-refractivity contribution in [3.05, 3.63) is 101 Å². The first-order chi connectivity index (χ1) is 22.3. The van der Waals surface area contributed by atoms with Crippen LogP contribution in [-0.4, -0.2) is 47.7 Å². The molecule has 4 rings (SSSR count). The molecule has 2 unspecified atom stereocenters. The molecule has 1 N–H and O–H groups in total. The number of ether oxygens (including phenoxy) is 3. The van der Waals surface area contributed by atoms with Gasteiger partial charge in [-0.05, 0) is 72.2 Å². The van der Waals surface area contributed by atoms with Crippen LogP contribution in [0.25, 0.3) is 0 Å². The van der Waals surface area contributed by atoms with Gasteiger partial charge in [-0.1, -0.05) is 62.4 Å². The zero-order valence-electron chi connectivity index (χ0n) is 27.7. The molecule has 1 fully saturated rings. The monoisotopic (exact) mass is 649 g/mol. The van der Waals surface area contributed by atoms with Crippen molar-refractivity contribution in [1.82, 2.24) is 0 Å². The second-order valence-corrected chi connectivity index (χ2v) is 11.6. The summed E-state index contributed by atoms with van der Waals surface area (Å²) in [6.45, 7) is 7.41. The van der Waals surface area contributed by atoms with Crippen molar-refractivity contribution in [3.63, 3.8) is 0 Å². The summed E-state index contributed by atoms with van der Waals surface area (Å²) in [5.74, 6) is -1.52. The van der Waals surface area contributed by atoms with Gasteiger partial charge in [-0.25, -0.2) is 4.39 Å². The lowest BCUT2D eigenvalue weighted by Crippen LogP contribution is -2.46. The zero-order chi connectivity index (χ0) is 34.6. The normalized spacial score (nSPS) is 14.7. The van der Waals surface area contributed by atoms with E-state index in [2.05, 4.69) is 6.92 Å². The third-order valence-corrected chi connectivity index (χ3v) is 7.82. The Morgan fingerprint density at radius 2 is 1.40 bits per heavy atom. The lowest BCUT2D eigenvalue weighted by Gasteiger charge is -2.41. The summed E-state index contributed by atoms with van der Waals surface area (Å²) >= 11 is 0. The molecule has 3 aromatic carbocycles. The average molecular weight is 650 g/mol. The van der Waals surface area contributed by atoms with E-state index in [1.807, 2.05) is 60.4 Å². The molecule has 1 aliphatic heterocycles. The lowest BCUT2D eigenvalue weighted by molar-refractivity contribution is -0.161. The van der Waals surface area contributed by atoms with Gasteiger partial charge in [0.1, 0.15) is 30.7 Å². The number of aryl methyl sites for hydroxylation is 2. The van der Waals surface area contributed by atoms with Crippen molar-refractivity contribution in [2.24, 2.45) is 0 Å². The van der Waals surface area contributed by atoms with Crippen LogP contribution in [0.1, 0.15) is 88.3 Å². The molecule has 1 amide bonds. The van der Waals surface area contributed by atoms with Gasteiger partial charge in [-0.3, -0.25) is 19.2 Å². The summed E-state index contributed by atoms with van der Waals surface area (Å²) in [7, 11) is 0. The molecule has 3 aromatic rings. The number of benzene rings is 3. The summed E-state index contributed by atoms with van der Waals surface area (Å²) < 4.78 is 27.6. The highest BCUT2D eigenvalue weighted by Crippen LogP contribution is 2.39. The van der Waals surface area contributed by atoms with E-state index in [0.29, 0.717) is 19.3 Å². The van der Waals surface area contributed by atoms with Crippen LogP contribution in [0.2, 0.25) is 0 Å². The quantitative estimate of drug-likeness (QED) is 0.129. The van der Waals surface area contributed by atoms with Gasteiger partial charge in [0.2, 0.25) is 5.91 Å². The van der Waals surface area contributed by atoms with Crippen LogP contribution in [0, 0.1) is 5.82 Å². The van der Waals surface area contributed by atoms with Crippen LogP contribution < -0.4 is 4.90 Å². The summed E-state index contributed by atoms with van der Waals surface area (Å²) in [6.07, 6.45) is 2.60. The maximum absolute atomic E-state index is 12.6. The molecule has 9 nitrogen and oxygen atoms in total. The van der Waals surface area contributed by atoms with Crippen molar-refractivity contribution in [3.8, 4) is 0 Å². The molecule has 0 spiro atoms. The number of aliphatic hydroxyl groups is 1. The number of hydrogen-bond acceptors (Lipinski definition) is 8. The van der Waals surface area contributed by atoms with Crippen LogP contribution in [0.15, 0.2) is 72.8 Å². The molecular formula is C37H44FNO8. The van der Waals surface area contributed by atoms with E-state index < -0.39 is 17.5 Å². The number of β-lactam (4-membered cyclic amide) rings is 1. The molecule has 0 aliphatic carbocycles. The zero-order valence-corrected chi connectivity index (χ0v) is 27.7. The van der Waals surface area contributed by atoms with E-state index >= 15 is 0 Å². The summed E-state index contributed by atoms with van der Waals surface area (Å²) in [6, 6.07) is 22.0. The molecule has 0 aromatic heterocycles. The Morgan fingerprint density at radius 3 is 1.87 bits per heavy atom. The fraction of sp³-hybridized carbons (Fsp3) is 0.405. The number of anilines is 1. The Morgan fingerprint density at radius 1 is 0.851 bits per heavy atom. The minimum atomic E-state index is -1.46. The highest BCUT2D eigenvalue weighted by Gasteiger charge is 2.38. The number of halogens is 1. The van der Waals surface area contributed by atoms with Gasteiger partial charge in [0.25, 0.3) is 0 Å². The first-order valence-electron chi connectivity index (χ1n) is 15.8. The highest BCUT2D eigenvalue weighted by atomic mass is 19.1. The second kappa shape index (κ2) is 17.4. The van der Waals surface area contributed by atoms with Crippen LogP contribution in [-0.2, 0) is 46.2 Å². The maximum atomic E-state index is 12.6. The van der Waals surface area contributed by atoms with Gasteiger partial charge in [0.15, 0.2) is 0 Å². The van der Waals surface area contributed by atoms with Crippen LogP contribution in [0.3, 0.4) is 0 Å². The van der Waals surface area contributed by atoms with Gasteiger partial charge in [-0.15, -0.1) is 0 Å². The number of rotatable bonds is 13. The fourth-order valence-corrected chi connectivity index (χ4v) is 5.11. The number of esters is 3. The van der Waals surface area contributed by atoms with Crippen molar-refractivity contribution in [2.75, 3.05) is 18.1 Å². The predicted molar refractivity (Wildman–Crippen MR) is 175 cm³/mol. The molecule has 2 atom stereocenters. The van der Waals surface area contributed by atoms with Gasteiger partial charge >= 0.3 is 17.9 Å². The number of hydrogen-bond donors (Lipinski definition) is 1. The molecule has 1 heterocycles. The Balaban J connectivity index is 0.000000358. The summed E-state index contributed by atoms with van der Waals surface area (Å²) in [4.78, 5) is 47.2. The molecule has 0 saturated carbocycles. The van der Waals surface area contributed by atoms with Crippen molar-refractivity contribution in [1.29, 1.82) is 0 Å². The van der Waals surface area contributed by atoms with E-state index in [4.69, 9.17) is 14.2 Å². The molecule has 0 bridgehead atoms. The second-order valence-electron chi connectivity index (χ2n) is 11.6. The van der Waals surface area contributed by atoms with Gasteiger partial charge in [0.05, 0.1) is 12.5 Å². The van der Waals surface area contributed by atoms with Gasteiger partial charge in [-0.2, -0.15) is 0 Å². The SMILES string of the molecule is CCC(OC(C)=O)c1ccc(F)cc1.CCc1ccc(N2C(=O)CC2c2ccc(CCC(O)(COC(C)=O)COC(C)=O)cc2)cc1. The standard InChI is InChI=1S/C26H31NO6.C11H13FO2/c1-4-20-7-11-23(12-8-20)27-24(15-25(27)30)22-9-5-21(6-10-22)13-14-26(31,16-32-18(2)28)17-33-19(3)29;1-3-11(14-8(2)13)9-4-6-10(12)7-5-9/h5-12,24,31H,4,13-17H2,1-3H3;4-7,11H,3H2,1-2H3. The minimum absolute atomic E-state index is 0.00360. The lowest BCUT2D eigenvalue weighted by atomic mass is 9.91. The van der Waals surface area contributed by atoms with Crippen LogP contribution in [0.4, 0.5) is 10.1 Å². The minimum Gasteiger partial charge on any atom is -0.463 e. The number of carbonyl (C=O) groups is 4. The molecule has 1 saturated heterocycles. The van der Waals surface area contributed by atoms with Crippen molar-refractivity contribution in [2.45, 2.75) is 84.5 Å². The number of nitrogens with zero attached hydrogens (tertiary/aromatic N) is 1. The van der Waals surface area contributed by atoms with E-state index in [0.717, 1.165) is 28.8 Å². The van der Waals surface area contributed by atoms with E-state index in [1.165, 1.54) is 38.5 Å². The molecule has 47 heavy (non-hydrogen) atoms. The average Bonchev–Trinajstić information content (AvgIpc) is 3.04. The third-order valence-electron chi connectivity index (χ3n) is 7.82. The molecule has 1 aliphatic rings. The van der Waals surface area contributed by atoms with Gasteiger partial charge < -0.3 is 24.2 Å². The Kier molecular flexibility index (Phi) is 13.6. The van der Waals surface area contributed by atoms with Crippen LogP contribution >= 0.6 is 0 Å². The van der Waals surface area contributed by atoms with E-state index in [1.54, 1.807) is 12.1 Å². The molecule has 0 radical (unpaired) electrons. The molecular weight excluding hydrogens is 605 g/mol. The number of amides is 1. The largest absolute Gasteiger partial charge is 0.463 e. The maximum Gasteiger partial charge on any atom is 0.303 e. The molecule has 252 valence electrons. The van der Waals surface area contributed by atoms with Crippen molar-refractivity contribution >= 4 is 29.5 Å². The molecule has 10 heteroatoms.